The van der Waals surface area contributed by atoms with Crippen molar-refractivity contribution in [1.29, 1.82) is 0 Å². The first kappa shape index (κ1) is 72.1. The van der Waals surface area contributed by atoms with Crippen molar-refractivity contribution in [3.63, 3.8) is 0 Å². The number of nitrogens with one attached hydrogen (secondary N) is 5. The van der Waals surface area contributed by atoms with E-state index < -0.39 is 215 Å². The van der Waals surface area contributed by atoms with Gasteiger partial charge in [0.05, 0.1) is 64.2 Å². The highest BCUT2D eigenvalue weighted by molar-refractivity contribution is 7.09. The van der Waals surface area contributed by atoms with Crippen LogP contribution in [0.3, 0.4) is 0 Å². The molecule has 36 heteroatoms. The van der Waals surface area contributed by atoms with Crippen molar-refractivity contribution in [3.05, 3.63) is 88.1 Å². The highest BCUT2D eigenvalue weighted by Gasteiger charge is 2.54. The zero-order chi connectivity index (χ0) is 67.5. The molecule has 2 aromatic carbocycles. The number of thiophene rings is 1. The normalized spacial score (nSPS) is 32.2. The molecule has 3 saturated heterocycles. The van der Waals surface area contributed by atoms with Gasteiger partial charge in [-0.2, -0.15) is 0 Å². The molecule has 514 valence electrons. The average molecular weight is 1340 g/mol. The van der Waals surface area contributed by atoms with Crippen molar-refractivity contribution in [2.75, 3.05) is 39.5 Å². The number of nitrogens with zero attached hydrogens (tertiary/aromatic N) is 3. The van der Waals surface area contributed by atoms with E-state index in [0.29, 0.717) is 5.56 Å². The first-order valence-electron chi connectivity index (χ1n) is 29.6. The number of amides is 4. The predicted molar refractivity (Wildman–Crippen MR) is 319 cm³/mol. The summed E-state index contributed by atoms with van der Waals surface area (Å²) in [6, 6.07) is 5.88. The van der Waals surface area contributed by atoms with Crippen LogP contribution in [0, 0.1) is 0 Å². The minimum absolute atomic E-state index is 0.0313. The molecule has 3 aromatic rings. The fourth-order valence-electron chi connectivity index (χ4n) is 11.1. The molecule has 8 rings (SSSR count). The number of nitrogens with two attached hydrogens (primary N) is 3. The summed E-state index contributed by atoms with van der Waals surface area (Å²) in [4.78, 5) is 80.0. The van der Waals surface area contributed by atoms with Gasteiger partial charge in [-0.05, 0) is 34.7 Å². The Balaban J connectivity index is 1.02. The fraction of sp³-hybridized carbons (Fsp3) is 0.596. The monoisotopic (exact) mass is 1340 g/mol. The second-order valence-corrected chi connectivity index (χ2v) is 24.0. The third-order valence-electron chi connectivity index (χ3n) is 16.6. The zero-order valence-corrected chi connectivity index (χ0v) is 50.7. The number of hydrogen-bond donors (Lipinski definition) is 21. The molecule has 0 bridgehead atoms. The maximum absolute atomic E-state index is 14.9. The molecule has 93 heavy (non-hydrogen) atoms. The van der Waals surface area contributed by atoms with E-state index in [1.807, 2.05) is 17.5 Å². The van der Waals surface area contributed by atoms with Gasteiger partial charge in [0.15, 0.2) is 24.4 Å². The number of aliphatic hydroxyl groups is 13. The molecule has 0 spiro atoms. The van der Waals surface area contributed by atoms with Crippen LogP contribution in [0.1, 0.15) is 28.8 Å². The van der Waals surface area contributed by atoms with Crippen LogP contribution >= 0.6 is 11.3 Å². The summed E-state index contributed by atoms with van der Waals surface area (Å²) in [5, 5.41) is 156. The minimum atomic E-state index is -2.26. The topological polar surface area (TPSA) is 570 Å². The zero-order valence-electron chi connectivity index (χ0n) is 49.9. The van der Waals surface area contributed by atoms with E-state index >= 15 is 0 Å². The minimum Gasteiger partial charge on any atom is -0.462 e. The molecule has 0 radical (unpaired) electrons. The highest BCUT2D eigenvalue weighted by atomic mass is 32.1. The van der Waals surface area contributed by atoms with Gasteiger partial charge in [-0.15, -0.1) is 11.3 Å². The number of benzene rings is 2. The van der Waals surface area contributed by atoms with Gasteiger partial charge in [0.2, 0.25) is 29.9 Å². The van der Waals surface area contributed by atoms with E-state index in [4.69, 9.17) is 45.6 Å². The molecule has 4 amide bonds. The van der Waals surface area contributed by atoms with Gasteiger partial charge in [-0.3, -0.25) is 29.2 Å². The summed E-state index contributed by atoms with van der Waals surface area (Å²) in [6.07, 6.45) is -30.5. The van der Waals surface area contributed by atoms with E-state index in [9.17, 15) is 90.4 Å². The molecule has 6 heterocycles. The van der Waals surface area contributed by atoms with Gasteiger partial charge in [0.1, 0.15) is 122 Å². The lowest BCUT2D eigenvalue weighted by atomic mass is 9.93. The molecule has 35 nitrogen and oxygen atoms in total. The van der Waals surface area contributed by atoms with Crippen molar-refractivity contribution < 1.29 is 119 Å². The van der Waals surface area contributed by atoms with Crippen molar-refractivity contribution >= 4 is 53.2 Å². The van der Waals surface area contributed by atoms with E-state index in [1.165, 1.54) is 35.6 Å². The maximum atomic E-state index is 14.9. The molecule has 0 saturated carbocycles. The smallest absolute Gasteiger partial charge is 0.246 e. The Morgan fingerprint density at radius 1 is 0.710 bits per heavy atom. The number of hydrogen-bond acceptors (Lipinski definition) is 32. The van der Waals surface area contributed by atoms with Crippen LogP contribution < -0.4 is 48.5 Å². The van der Waals surface area contributed by atoms with Gasteiger partial charge < -0.3 is 148 Å². The Hall–Kier alpha value is -6.73. The van der Waals surface area contributed by atoms with Gasteiger partial charge in [-0.25, -0.2) is 0 Å². The van der Waals surface area contributed by atoms with Crippen LogP contribution in [0.4, 0.5) is 0 Å². The number of rotatable bonds is 29. The second-order valence-electron chi connectivity index (χ2n) is 22.9. The maximum Gasteiger partial charge on any atom is 0.246 e. The lowest BCUT2D eigenvalue weighted by Crippen LogP contribution is -2.70. The number of carbonyl (C=O) groups excluding carboxylic acids is 5. The predicted octanol–water partition coefficient (Wildman–Crippen LogP) is -10.4. The van der Waals surface area contributed by atoms with Crippen LogP contribution in [-0.4, -0.2) is 299 Å². The summed E-state index contributed by atoms with van der Waals surface area (Å²) >= 11 is 1.42. The number of guanidine groups is 2. The van der Waals surface area contributed by atoms with E-state index in [0.717, 1.165) is 9.78 Å². The van der Waals surface area contributed by atoms with E-state index in [1.54, 1.807) is 37.3 Å². The Kier molecular flexibility index (Phi) is 25.3. The SMILES string of the molecule is CC(c1ccccc1)[C@H](N)C(=O)N[C@@H](Cc1ccc(OC2OC(CO)C(OC3OC(COCc4cccs4)C(O)C(O)C3O)C(O)C2O)cc1)C(=O)N[C@H](C(=O)N[C@H](C(=O)N[C@H](C=O)CO)C(O)C1CN=C(N)N1C1OC(CO)C(O)C(O)C1O)C(O)C1CN=C(N)N1. The van der Waals surface area contributed by atoms with Crippen LogP contribution in [-0.2, 0) is 60.7 Å². The lowest BCUT2D eigenvalue weighted by Gasteiger charge is -2.46. The number of aliphatic hydroxyl groups excluding tert-OH is 13. The molecule has 1 aromatic heterocycles. The number of carbonyl (C=O) groups is 5. The van der Waals surface area contributed by atoms with Gasteiger partial charge in [-0.1, -0.05) is 55.5 Å². The van der Waals surface area contributed by atoms with Crippen molar-refractivity contribution in [2.24, 2.45) is 27.2 Å². The summed E-state index contributed by atoms with van der Waals surface area (Å²) in [5.74, 6) is -6.14. The molecule has 5 aliphatic heterocycles. The third-order valence-corrected chi connectivity index (χ3v) is 17.5. The average Bonchev–Trinajstić information content (AvgIpc) is 1.78. The molecular weight excluding hydrogens is 1250 g/mol. The Labute approximate surface area is 534 Å². The molecular formula is C57H81N11O24S. The summed E-state index contributed by atoms with van der Waals surface area (Å²) in [5.41, 5.74) is 19.5. The molecule has 20 unspecified atom stereocenters. The number of aldehydes is 1. The summed E-state index contributed by atoms with van der Waals surface area (Å²) in [6.45, 7) is -1.95. The van der Waals surface area contributed by atoms with Crippen molar-refractivity contribution in [3.8, 4) is 5.75 Å². The Morgan fingerprint density at radius 3 is 1.98 bits per heavy atom. The van der Waals surface area contributed by atoms with Gasteiger partial charge in [0.25, 0.3) is 0 Å². The molecule has 3 fully saturated rings. The lowest BCUT2D eigenvalue weighted by molar-refractivity contribution is -0.353. The number of aliphatic imine (C=N–C) groups is 2. The summed E-state index contributed by atoms with van der Waals surface area (Å²) in [7, 11) is 0. The third kappa shape index (κ3) is 17.0. The highest BCUT2D eigenvalue weighted by Crippen LogP contribution is 2.33. The molecule has 25 atom stereocenters. The molecule has 24 N–H and O–H groups in total. The standard InChI is InChI=1S/C57H81N11O24S/c1-23(25-6-3-2-4-7-25)35(58)50(84)64-29(14-24-9-11-27(12-10-24)88-54-47(82)44(79)48(33(20-72)90-54)92-55-46(81)43(78)41(76)34(91-55)22-87-21-28-8-5-13-93-28)49(83)66-36(38(73)30-15-61-56(59)65-30)52(86)67-37(51(85)63-26(17-69)18-70)39(74)31-16-62-57(60)68(31)53-45(80)42(77)40(75)32(19-71)89-53/h2-13,17,23,26,29-48,53-55,70-82H,14-16,18-22,58H2,1H3,(H2,60,62)(H,63,85)(H,64,84)(H,66,83)(H,67,86)(H3,59,61,65)/t23?,26-,29+,30?,31?,32?,33?,34?,35+,36+,37+,38?,39?,40?,41?,42?,43?,44?,45?,46?,47?,48?,53?,54?,55?/m1/s1. The quantitative estimate of drug-likeness (QED) is 0.0287. The van der Waals surface area contributed by atoms with Gasteiger partial charge >= 0.3 is 0 Å². The van der Waals surface area contributed by atoms with Crippen LogP contribution in [0.25, 0.3) is 0 Å². The Morgan fingerprint density at radius 2 is 1.34 bits per heavy atom. The van der Waals surface area contributed by atoms with Crippen molar-refractivity contribution in [1.82, 2.24) is 31.5 Å². The van der Waals surface area contributed by atoms with E-state index in [2.05, 4.69) is 36.6 Å². The van der Waals surface area contributed by atoms with Gasteiger partial charge in [0, 0.05) is 17.2 Å². The summed E-state index contributed by atoms with van der Waals surface area (Å²) < 4.78 is 34.6. The number of ether oxygens (including phenoxy) is 6. The van der Waals surface area contributed by atoms with Crippen LogP contribution in [0.2, 0.25) is 0 Å². The van der Waals surface area contributed by atoms with Crippen LogP contribution in [0.5, 0.6) is 5.75 Å². The van der Waals surface area contributed by atoms with E-state index in [-0.39, 0.29) is 43.3 Å². The first-order chi connectivity index (χ1) is 44.4. The second kappa shape index (κ2) is 32.6. The first-order valence-corrected chi connectivity index (χ1v) is 30.5. The largest absolute Gasteiger partial charge is 0.462 e. The van der Waals surface area contributed by atoms with Crippen molar-refractivity contribution in [2.45, 2.75) is 172 Å². The van der Waals surface area contributed by atoms with Crippen LogP contribution in [0.15, 0.2) is 82.1 Å². The molecule has 0 aliphatic carbocycles. The Bertz CT molecular complexity index is 3000. The fourth-order valence-corrected chi connectivity index (χ4v) is 11.8. The molecule has 5 aliphatic rings.